The lowest BCUT2D eigenvalue weighted by Gasteiger charge is -2.15. The summed E-state index contributed by atoms with van der Waals surface area (Å²) in [6.45, 7) is 0. The van der Waals surface area contributed by atoms with Gasteiger partial charge in [0, 0.05) is 23.9 Å². The third-order valence-electron chi connectivity index (χ3n) is 3.95. The van der Waals surface area contributed by atoms with E-state index in [1.54, 1.807) is 0 Å². The van der Waals surface area contributed by atoms with Crippen molar-refractivity contribution in [3.05, 3.63) is 58.1 Å². The number of nitrogens with zero attached hydrogens (tertiary/aromatic N) is 2. The number of para-hydroxylation sites is 1. The van der Waals surface area contributed by atoms with Gasteiger partial charge < -0.3 is 0 Å². The topological polar surface area (TPSA) is 84.8 Å². The molecule has 1 N–H and O–H groups in total. The van der Waals surface area contributed by atoms with E-state index in [2.05, 4.69) is 10.1 Å². The van der Waals surface area contributed by atoms with Crippen LogP contribution in [0.15, 0.2) is 41.3 Å². The van der Waals surface area contributed by atoms with Crippen LogP contribution in [-0.4, -0.2) is 28.9 Å². The first-order chi connectivity index (χ1) is 10.6. The van der Waals surface area contributed by atoms with Gasteiger partial charge >= 0.3 is 0 Å². The van der Waals surface area contributed by atoms with E-state index in [1.807, 2.05) is 30.3 Å². The molecule has 0 atom stereocenters. The minimum absolute atomic E-state index is 0.0680. The maximum absolute atomic E-state index is 12.5. The molecule has 0 fully saturated rings. The summed E-state index contributed by atoms with van der Waals surface area (Å²) in [6.07, 6.45) is 1.93. The number of benzene rings is 1. The molecule has 0 saturated carbocycles. The van der Waals surface area contributed by atoms with Crippen LogP contribution >= 0.6 is 0 Å². The third-order valence-corrected chi connectivity index (χ3v) is 5.51. The molecule has 112 valence electrons. The molecule has 2 aromatic heterocycles. The first-order valence-corrected chi connectivity index (χ1v) is 8.75. The summed E-state index contributed by atoms with van der Waals surface area (Å²) in [4.78, 5) is 16.8. The molecule has 1 aromatic carbocycles. The average Bonchev–Trinajstić information content (AvgIpc) is 2.85. The summed E-state index contributed by atoms with van der Waals surface area (Å²) in [5.74, 6) is 0.0452. The standard InChI is InChI=1S/C15H13N3O3S/c19-15-11-8-16-13-6-7-22(20,21)9-12(13)14(11)17-18(15)10-4-2-1-3-5-10/h1-5,8,17H,6-7,9H2. The van der Waals surface area contributed by atoms with Crippen LogP contribution in [0.1, 0.15) is 11.3 Å². The fraction of sp³-hybridized carbons (Fsp3) is 0.200. The summed E-state index contributed by atoms with van der Waals surface area (Å²) in [6, 6.07) is 9.17. The number of aromatic nitrogens is 3. The van der Waals surface area contributed by atoms with E-state index in [1.165, 1.54) is 10.9 Å². The fourth-order valence-corrected chi connectivity index (χ4v) is 4.24. The summed E-state index contributed by atoms with van der Waals surface area (Å²) in [5.41, 5.74) is 2.43. The second-order valence-electron chi connectivity index (χ2n) is 5.40. The second-order valence-corrected chi connectivity index (χ2v) is 7.59. The normalized spacial score (nSPS) is 16.5. The fourth-order valence-electron chi connectivity index (χ4n) is 2.84. The SMILES string of the molecule is O=c1c2cnc3c(c2[nH]n1-c1ccccc1)CS(=O)(=O)CC3. The second kappa shape index (κ2) is 4.54. The van der Waals surface area contributed by atoms with Crippen LogP contribution in [0.2, 0.25) is 0 Å². The zero-order valence-electron chi connectivity index (χ0n) is 11.6. The molecule has 1 aliphatic rings. The van der Waals surface area contributed by atoms with Crippen molar-refractivity contribution >= 4 is 20.7 Å². The number of nitrogens with one attached hydrogen (secondary N) is 1. The highest BCUT2D eigenvalue weighted by molar-refractivity contribution is 7.90. The Labute approximate surface area is 126 Å². The molecule has 3 heterocycles. The van der Waals surface area contributed by atoms with Crippen molar-refractivity contribution < 1.29 is 8.42 Å². The van der Waals surface area contributed by atoms with Crippen LogP contribution in [0.25, 0.3) is 16.6 Å². The van der Waals surface area contributed by atoms with Gasteiger partial charge in [-0.1, -0.05) is 18.2 Å². The van der Waals surface area contributed by atoms with Gasteiger partial charge in [0.25, 0.3) is 5.56 Å². The predicted molar refractivity (Wildman–Crippen MR) is 82.9 cm³/mol. The first-order valence-electron chi connectivity index (χ1n) is 6.92. The van der Waals surface area contributed by atoms with E-state index in [9.17, 15) is 13.2 Å². The Kier molecular flexibility index (Phi) is 2.74. The van der Waals surface area contributed by atoms with Crippen LogP contribution < -0.4 is 5.56 Å². The number of aryl methyl sites for hydroxylation is 1. The molecule has 7 heteroatoms. The summed E-state index contributed by atoms with van der Waals surface area (Å²) in [5, 5.41) is 3.46. The molecule has 0 unspecified atom stereocenters. The summed E-state index contributed by atoms with van der Waals surface area (Å²) in [7, 11) is -3.13. The maximum atomic E-state index is 12.5. The molecule has 0 aliphatic carbocycles. The third kappa shape index (κ3) is 1.97. The number of hydrogen-bond acceptors (Lipinski definition) is 4. The van der Waals surface area contributed by atoms with Gasteiger partial charge in [-0.05, 0) is 12.1 Å². The number of pyridine rings is 1. The van der Waals surface area contributed by atoms with Crippen molar-refractivity contribution in [2.75, 3.05) is 5.75 Å². The number of aromatic amines is 1. The lowest BCUT2D eigenvalue weighted by molar-refractivity contribution is 0.591. The Morgan fingerprint density at radius 1 is 1.18 bits per heavy atom. The zero-order valence-corrected chi connectivity index (χ0v) is 12.4. The van der Waals surface area contributed by atoms with Crippen LogP contribution in [0.5, 0.6) is 0 Å². The van der Waals surface area contributed by atoms with Gasteiger partial charge in [0.05, 0.1) is 28.1 Å². The Hall–Kier alpha value is -2.41. The summed E-state index contributed by atoms with van der Waals surface area (Å²) < 4.78 is 25.2. The van der Waals surface area contributed by atoms with Gasteiger partial charge in [0.2, 0.25) is 0 Å². The Balaban J connectivity index is 2.02. The molecule has 4 rings (SSSR count). The number of fused-ring (bicyclic) bond motifs is 3. The minimum atomic E-state index is -3.13. The summed E-state index contributed by atoms with van der Waals surface area (Å²) >= 11 is 0. The van der Waals surface area contributed by atoms with Gasteiger partial charge in [-0.2, -0.15) is 0 Å². The molecule has 0 saturated heterocycles. The highest BCUT2D eigenvalue weighted by atomic mass is 32.2. The van der Waals surface area contributed by atoms with Crippen molar-refractivity contribution in [1.82, 2.24) is 14.8 Å². The molecule has 0 amide bonds. The van der Waals surface area contributed by atoms with Gasteiger partial charge in [0.1, 0.15) is 0 Å². The molecule has 3 aromatic rings. The van der Waals surface area contributed by atoms with E-state index in [-0.39, 0.29) is 17.1 Å². The quantitative estimate of drug-likeness (QED) is 0.731. The smallest absolute Gasteiger partial charge is 0.280 e. The Morgan fingerprint density at radius 2 is 1.95 bits per heavy atom. The highest BCUT2D eigenvalue weighted by Gasteiger charge is 2.26. The lowest BCUT2D eigenvalue weighted by atomic mass is 10.1. The molecular weight excluding hydrogens is 302 g/mol. The van der Waals surface area contributed by atoms with Crippen molar-refractivity contribution in [3.8, 4) is 5.69 Å². The first kappa shape index (κ1) is 13.3. The van der Waals surface area contributed by atoms with Gasteiger partial charge in [0.15, 0.2) is 9.84 Å². The molecule has 0 bridgehead atoms. The monoisotopic (exact) mass is 315 g/mol. The number of hydrogen-bond donors (Lipinski definition) is 1. The van der Waals surface area contributed by atoms with Crippen LogP contribution in [0, 0.1) is 0 Å². The minimum Gasteiger partial charge on any atom is -0.290 e. The van der Waals surface area contributed by atoms with Gasteiger partial charge in [-0.25, -0.2) is 13.1 Å². The predicted octanol–water partition coefficient (Wildman–Crippen LogP) is 1.18. The van der Waals surface area contributed by atoms with Crippen LogP contribution in [-0.2, 0) is 22.0 Å². The molecule has 0 radical (unpaired) electrons. The highest BCUT2D eigenvalue weighted by Crippen LogP contribution is 2.25. The van der Waals surface area contributed by atoms with Gasteiger partial charge in [-0.15, -0.1) is 0 Å². The van der Waals surface area contributed by atoms with E-state index in [0.29, 0.717) is 28.6 Å². The van der Waals surface area contributed by atoms with Crippen molar-refractivity contribution in [2.24, 2.45) is 0 Å². The molecular formula is C15H13N3O3S. The zero-order chi connectivity index (χ0) is 15.3. The van der Waals surface area contributed by atoms with Crippen molar-refractivity contribution in [2.45, 2.75) is 12.2 Å². The number of H-pyrrole nitrogens is 1. The van der Waals surface area contributed by atoms with Crippen LogP contribution in [0.4, 0.5) is 0 Å². The van der Waals surface area contributed by atoms with Crippen molar-refractivity contribution in [1.29, 1.82) is 0 Å². The Morgan fingerprint density at radius 3 is 2.73 bits per heavy atom. The Bertz CT molecular complexity index is 1030. The molecule has 0 spiro atoms. The maximum Gasteiger partial charge on any atom is 0.280 e. The lowest BCUT2D eigenvalue weighted by Crippen LogP contribution is -2.20. The van der Waals surface area contributed by atoms with E-state index >= 15 is 0 Å². The molecule has 22 heavy (non-hydrogen) atoms. The van der Waals surface area contributed by atoms with E-state index < -0.39 is 9.84 Å². The number of rotatable bonds is 1. The largest absolute Gasteiger partial charge is 0.290 e. The number of sulfone groups is 1. The molecule has 1 aliphatic heterocycles. The molecule has 6 nitrogen and oxygen atoms in total. The van der Waals surface area contributed by atoms with E-state index in [4.69, 9.17) is 0 Å². The van der Waals surface area contributed by atoms with Gasteiger partial charge in [-0.3, -0.25) is 14.9 Å². The van der Waals surface area contributed by atoms with Crippen LogP contribution in [0.3, 0.4) is 0 Å². The van der Waals surface area contributed by atoms with Crippen molar-refractivity contribution in [3.63, 3.8) is 0 Å². The average molecular weight is 315 g/mol. The van der Waals surface area contributed by atoms with E-state index in [0.717, 1.165) is 5.69 Å².